The Kier molecular flexibility index (Phi) is 4.37. The molecule has 0 saturated carbocycles. The summed E-state index contributed by atoms with van der Waals surface area (Å²) in [6, 6.07) is 10.6. The SMILES string of the molecule is NCC(CC1CCOCC1)c1ccccc1. The minimum absolute atomic E-state index is 0.518. The van der Waals surface area contributed by atoms with Crippen molar-refractivity contribution in [2.45, 2.75) is 25.2 Å². The van der Waals surface area contributed by atoms with Crippen LogP contribution >= 0.6 is 0 Å². The molecule has 1 aromatic carbocycles. The maximum atomic E-state index is 5.89. The Morgan fingerprint density at radius 2 is 1.88 bits per heavy atom. The first-order chi connectivity index (χ1) is 7.90. The van der Waals surface area contributed by atoms with E-state index in [9.17, 15) is 0 Å². The van der Waals surface area contributed by atoms with E-state index in [2.05, 4.69) is 30.3 Å². The van der Waals surface area contributed by atoms with Gasteiger partial charge in [-0.2, -0.15) is 0 Å². The van der Waals surface area contributed by atoms with E-state index in [-0.39, 0.29) is 0 Å². The van der Waals surface area contributed by atoms with Crippen LogP contribution < -0.4 is 5.73 Å². The van der Waals surface area contributed by atoms with E-state index in [4.69, 9.17) is 10.5 Å². The van der Waals surface area contributed by atoms with E-state index in [0.717, 1.165) is 25.7 Å². The van der Waals surface area contributed by atoms with Crippen molar-refractivity contribution in [2.24, 2.45) is 11.7 Å². The van der Waals surface area contributed by atoms with Crippen LogP contribution in [0.15, 0.2) is 30.3 Å². The summed E-state index contributed by atoms with van der Waals surface area (Å²) in [4.78, 5) is 0. The number of rotatable bonds is 4. The average Bonchev–Trinajstić information content (AvgIpc) is 2.38. The Hall–Kier alpha value is -0.860. The monoisotopic (exact) mass is 219 g/mol. The second-order valence-electron chi connectivity index (χ2n) is 4.63. The van der Waals surface area contributed by atoms with Crippen molar-refractivity contribution in [3.63, 3.8) is 0 Å². The molecule has 1 heterocycles. The molecule has 0 spiro atoms. The molecule has 2 N–H and O–H groups in total. The van der Waals surface area contributed by atoms with Gasteiger partial charge in [-0.15, -0.1) is 0 Å². The summed E-state index contributed by atoms with van der Waals surface area (Å²) in [5, 5.41) is 0. The number of ether oxygens (including phenoxy) is 1. The van der Waals surface area contributed by atoms with Gasteiger partial charge in [0, 0.05) is 13.2 Å². The maximum absolute atomic E-state index is 5.89. The molecule has 16 heavy (non-hydrogen) atoms. The Bertz CT molecular complexity index is 293. The highest BCUT2D eigenvalue weighted by atomic mass is 16.5. The zero-order valence-electron chi connectivity index (χ0n) is 9.77. The van der Waals surface area contributed by atoms with Crippen molar-refractivity contribution in [3.8, 4) is 0 Å². The summed E-state index contributed by atoms with van der Waals surface area (Å²) >= 11 is 0. The third-order valence-corrected chi connectivity index (χ3v) is 3.51. The van der Waals surface area contributed by atoms with Crippen molar-refractivity contribution >= 4 is 0 Å². The zero-order valence-corrected chi connectivity index (χ0v) is 9.77. The van der Waals surface area contributed by atoms with Crippen LogP contribution in [-0.2, 0) is 4.74 Å². The smallest absolute Gasteiger partial charge is 0.0468 e. The molecule has 1 aliphatic heterocycles. The Morgan fingerprint density at radius 1 is 1.19 bits per heavy atom. The number of hydrogen-bond donors (Lipinski definition) is 1. The first kappa shape index (κ1) is 11.6. The molecule has 1 fully saturated rings. The van der Waals surface area contributed by atoms with E-state index >= 15 is 0 Å². The minimum atomic E-state index is 0.518. The number of hydrogen-bond acceptors (Lipinski definition) is 2. The summed E-state index contributed by atoms with van der Waals surface area (Å²) < 4.78 is 5.39. The van der Waals surface area contributed by atoms with Crippen LogP contribution in [-0.4, -0.2) is 19.8 Å². The lowest BCUT2D eigenvalue weighted by molar-refractivity contribution is 0.0619. The maximum Gasteiger partial charge on any atom is 0.0468 e. The van der Waals surface area contributed by atoms with Gasteiger partial charge in [0.2, 0.25) is 0 Å². The summed E-state index contributed by atoms with van der Waals surface area (Å²) in [5.41, 5.74) is 7.28. The van der Waals surface area contributed by atoms with E-state index in [1.807, 2.05) is 0 Å². The number of nitrogens with two attached hydrogens (primary N) is 1. The van der Waals surface area contributed by atoms with Crippen molar-refractivity contribution in [3.05, 3.63) is 35.9 Å². The topological polar surface area (TPSA) is 35.2 Å². The Labute approximate surface area is 97.8 Å². The molecule has 2 heteroatoms. The molecule has 88 valence electrons. The van der Waals surface area contributed by atoms with Crippen LogP contribution in [0.4, 0.5) is 0 Å². The van der Waals surface area contributed by atoms with Gasteiger partial charge in [-0.1, -0.05) is 30.3 Å². The third kappa shape index (κ3) is 3.06. The molecule has 1 aromatic rings. The standard InChI is InChI=1S/C14H21NO/c15-11-14(13-4-2-1-3-5-13)10-12-6-8-16-9-7-12/h1-5,12,14H,6-11,15H2. The third-order valence-electron chi connectivity index (χ3n) is 3.51. The van der Waals surface area contributed by atoms with Gasteiger partial charge in [-0.3, -0.25) is 0 Å². The highest BCUT2D eigenvalue weighted by Crippen LogP contribution is 2.28. The second-order valence-corrected chi connectivity index (χ2v) is 4.63. The number of benzene rings is 1. The molecule has 0 radical (unpaired) electrons. The second kappa shape index (κ2) is 6.02. The van der Waals surface area contributed by atoms with Crippen molar-refractivity contribution in [1.82, 2.24) is 0 Å². The fraction of sp³-hybridized carbons (Fsp3) is 0.571. The summed E-state index contributed by atoms with van der Waals surface area (Å²) in [6.45, 7) is 2.61. The van der Waals surface area contributed by atoms with Gasteiger partial charge >= 0.3 is 0 Å². The summed E-state index contributed by atoms with van der Waals surface area (Å²) in [5.74, 6) is 1.31. The zero-order chi connectivity index (χ0) is 11.2. The Morgan fingerprint density at radius 3 is 2.50 bits per heavy atom. The van der Waals surface area contributed by atoms with Gasteiger partial charge in [0.25, 0.3) is 0 Å². The molecule has 0 amide bonds. The molecule has 0 aromatic heterocycles. The lowest BCUT2D eigenvalue weighted by Crippen LogP contribution is -2.21. The first-order valence-corrected chi connectivity index (χ1v) is 6.23. The Balaban J connectivity index is 1.94. The van der Waals surface area contributed by atoms with Crippen molar-refractivity contribution in [1.29, 1.82) is 0 Å². The van der Waals surface area contributed by atoms with Crippen LogP contribution in [0.3, 0.4) is 0 Å². The fourth-order valence-corrected chi connectivity index (χ4v) is 2.48. The first-order valence-electron chi connectivity index (χ1n) is 6.23. The molecule has 2 rings (SSSR count). The predicted molar refractivity (Wildman–Crippen MR) is 66.4 cm³/mol. The molecular formula is C14H21NO. The highest BCUT2D eigenvalue weighted by molar-refractivity contribution is 5.19. The van der Waals surface area contributed by atoms with Crippen LogP contribution in [0.1, 0.15) is 30.7 Å². The van der Waals surface area contributed by atoms with Crippen LogP contribution in [0, 0.1) is 5.92 Å². The molecule has 1 atom stereocenters. The largest absolute Gasteiger partial charge is 0.381 e. The lowest BCUT2D eigenvalue weighted by Gasteiger charge is -2.26. The van der Waals surface area contributed by atoms with E-state index in [1.165, 1.54) is 24.8 Å². The average molecular weight is 219 g/mol. The van der Waals surface area contributed by atoms with Crippen LogP contribution in [0.5, 0.6) is 0 Å². The molecule has 1 unspecified atom stereocenters. The van der Waals surface area contributed by atoms with Gasteiger partial charge in [-0.25, -0.2) is 0 Å². The van der Waals surface area contributed by atoms with Gasteiger partial charge in [0.05, 0.1) is 0 Å². The molecular weight excluding hydrogens is 198 g/mol. The fourth-order valence-electron chi connectivity index (χ4n) is 2.48. The normalized spacial score (nSPS) is 19.6. The molecule has 2 nitrogen and oxygen atoms in total. The van der Waals surface area contributed by atoms with Crippen molar-refractivity contribution < 1.29 is 4.74 Å². The molecule has 0 aliphatic carbocycles. The van der Waals surface area contributed by atoms with Crippen molar-refractivity contribution in [2.75, 3.05) is 19.8 Å². The van der Waals surface area contributed by atoms with Crippen LogP contribution in [0.25, 0.3) is 0 Å². The van der Waals surface area contributed by atoms with E-state index < -0.39 is 0 Å². The van der Waals surface area contributed by atoms with Gasteiger partial charge in [0.1, 0.15) is 0 Å². The highest BCUT2D eigenvalue weighted by Gasteiger charge is 2.19. The van der Waals surface area contributed by atoms with Crippen LogP contribution in [0.2, 0.25) is 0 Å². The molecule has 1 aliphatic rings. The predicted octanol–water partition coefficient (Wildman–Crippen LogP) is 2.55. The van der Waals surface area contributed by atoms with Gasteiger partial charge < -0.3 is 10.5 Å². The lowest BCUT2D eigenvalue weighted by atomic mass is 9.85. The van der Waals surface area contributed by atoms with Gasteiger partial charge in [-0.05, 0) is 43.2 Å². The molecule has 1 saturated heterocycles. The van der Waals surface area contributed by atoms with Gasteiger partial charge in [0.15, 0.2) is 0 Å². The summed E-state index contributed by atoms with van der Waals surface area (Å²) in [6.07, 6.45) is 3.61. The quantitative estimate of drug-likeness (QED) is 0.844. The molecule has 0 bridgehead atoms. The van der Waals surface area contributed by atoms with E-state index in [1.54, 1.807) is 0 Å². The minimum Gasteiger partial charge on any atom is -0.381 e. The van der Waals surface area contributed by atoms with E-state index in [0.29, 0.717) is 5.92 Å². The summed E-state index contributed by atoms with van der Waals surface area (Å²) in [7, 11) is 0.